The van der Waals surface area contributed by atoms with Gasteiger partial charge in [-0.15, -0.1) is 5.73 Å². The summed E-state index contributed by atoms with van der Waals surface area (Å²) in [5.41, 5.74) is 9.90. The molecule has 0 saturated carbocycles. The van der Waals surface area contributed by atoms with Crippen LogP contribution in [0, 0.1) is 5.41 Å². The summed E-state index contributed by atoms with van der Waals surface area (Å²) >= 11 is 0. The molecule has 3 aromatic rings. The normalized spacial score (nSPS) is 19.7. The van der Waals surface area contributed by atoms with E-state index in [0.717, 1.165) is 37.0 Å². The first-order valence-corrected chi connectivity index (χ1v) is 12.5. The third-order valence-electron chi connectivity index (χ3n) is 7.36. The Morgan fingerprint density at radius 2 is 1.80 bits per heavy atom. The van der Waals surface area contributed by atoms with E-state index in [2.05, 4.69) is 85.5 Å². The molecule has 5 rings (SSSR count). The lowest BCUT2D eigenvalue weighted by atomic mass is 9.68. The molecule has 0 spiro atoms. The number of ketones is 1. The van der Waals surface area contributed by atoms with Crippen LogP contribution in [0.3, 0.4) is 0 Å². The van der Waals surface area contributed by atoms with Crippen molar-refractivity contribution in [3.63, 3.8) is 0 Å². The zero-order chi connectivity index (χ0) is 24.3. The predicted molar refractivity (Wildman–Crippen MR) is 147 cm³/mol. The summed E-state index contributed by atoms with van der Waals surface area (Å²) in [6, 6.07) is 23.3. The van der Waals surface area contributed by atoms with E-state index in [0.29, 0.717) is 12.2 Å². The zero-order valence-corrected chi connectivity index (χ0v) is 20.6. The molecule has 35 heavy (non-hydrogen) atoms. The molecule has 1 atom stereocenters. The molecule has 0 amide bonds. The number of benzene rings is 3. The van der Waals surface area contributed by atoms with Crippen LogP contribution in [0.4, 0.5) is 0 Å². The second-order valence-electron chi connectivity index (χ2n) is 9.96. The largest absolute Gasteiger partial charge is 0.299 e. The molecular formula is C33H31NO. The number of Topliss-reactive ketones (excluding diaryl/α,β-unsaturated/α-hetero) is 1. The molecule has 2 aliphatic rings. The lowest BCUT2D eigenvalue weighted by Crippen LogP contribution is -2.34. The average Bonchev–Trinajstić information content (AvgIpc) is 3.07. The highest BCUT2D eigenvalue weighted by atomic mass is 16.1. The third kappa shape index (κ3) is 5.04. The molecular weight excluding hydrogens is 426 g/mol. The highest BCUT2D eigenvalue weighted by molar-refractivity contribution is 6.04. The predicted octanol–water partition coefficient (Wildman–Crippen LogP) is 7.84. The van der Waals surface area contributed by atoms with Gasteiger partial charge in [0, 0.05) is 24.0 Å². The van der Waals surface area contributed by atoms with Gasteiger partial charge in [-0.25, -0.2) is 0 Å². The Hall–Kier alpha value is -3.74. The molecule has 0 bridgehead atoms. The van der Waals surface area contributed by atoms with Crippen LogP contribution < -0.4 is 0 Å². The molecule has 0 aromatic heterocycles. The van der Waals surface area contributed by atoms with Crippen molar-refractivity contribution in [3.05, 3.63) is 119 Å². The molecule has 0 fully saturated rings. The summed E-state index contributed by atoms with van der Waals surface area (Å²) in [6.45, 7) is 4.18. The summed E-state index contributed by atoms with van der Waals surface area (Å²) in [7, 11) is 0. The smallest absolute Gasteiger partial charge is 0.143 e. The minimum absolute atomic E-state index is 0.315. The molecule has 1 aliphatic heterocycles. The number of hydrogen-bond acceptors (Lipinski definition) is 2. The molecule has 2 heteroatoms. The van der Waals surface area contributed by atoms with E-state index in [1.54, 1.807) is 6.20 Å². The molecule has 2 nitrogen and oxygen atoms in total. The van der Waals surface area contributed by atoms with Gasteiger partial charge in [-0.1, -0.05) is 85.8 Å². The van der Waals surface area contributed by atoms with E-state index >= 15 is 0 Å². The molecule has 0 radical (unpaired) electrons. The first-order chi connectivity index (χ1) is 17.0. The first kappa shape index (κ1) is 23.0. The van der Waals surface area contributed by atoms with E-state index in [1.165, 1.54) is 33.0 Å². The molecule has 1 aliphatic carbocycles. The summed E-state index contributed by atoms with van der Waals surface area (Å²) in [5, 5.41) is 2.39. The van der Waals surface area contributed by atoms with Crippen LogP contribution >= 0.6 is 0 Å². The number of hydrogen-bond donors (Lipinski definition) is 0. The van der Waals surface area contributed by atoms with Crippen molar-refractivity contribution in [2.75, 3.05) is 0 Å². The minimum atomic E-state index is -0.390. The Labute approximate surface area is 208 Å². The fourth-order valence-electron chi connectivity index (χ4n) is 5.20. The number of carbonyl (C=O) groups is 1. The fourth-order valence-corrected chi connectivity index (χ4v) is 5.20. The Kier molecular flexibility index (Phi) is 6.49. The molecule has 174 valence electrons. The van der Waals surface area contributed by atoms with Crippen molar-refractivity contribution in [1.82, 2.24) is 0 Å². The Morgan fingerprint density at radius 1 is 1.03 bits per heavy atom. The van der Waals surface area contributed by atoms with Gasteiger partial charge >= 0.3 is 0 Å². The summed E-state index contributed by atoms with van der Waals surface area (Å²) in [4.78, 5) is 18.4. The highest BCUT2D eigenvalue weighted by Gasteiger charge is 2.38. The van der Waals surface area contributed by atoms with Gasteiger partial charge in [0.05, 0.1) is 6.20 Å². The van der Waals surface area contributed by atoms with Crippen molar-refractivity contribution < 1.29 is 4.79 Å². The van der Waals surface area contributed by atoms with Crippen molar-refractivity contribution >= 4 is 28.3 Å². The number of allylic oxidation sites excluding steroid dienone is 4. The van der Waals surface area contributed by atoms with Crippen molar-refractivity contribution in [1.29, 1.82) is 0 Å². The Bertz CT molecular complexity index is 1430. The van der Waals surface area contributed by atoms with Crippen molar-refractivity contribution in [2.24, 2.45) is 10.4 Å². The number of nitrogens with zero attached hydrogens (tertiary/aromatic N) is 1. The van der Waals surface area contributed by atoms with Gasteiger partial charge < -0.3 is 0 Å². The fraction of sp³-hybridized carbons (Fsp3) is 0.242. The van der Waals surface area contributed by atoms with Crippen molar-refractivity contribution in [3.8, 4) is 0 Å². The molecule has 1 heterocycles. The van der Waals surface area contributed by atoms with Gasteiger partial charge in [-0.05, 0) is 70.9 Å². The van der Waals surface area contributed by atoms with Gasteiger partial charge in [-0.2, -0.15) is 0 Å². The molecule has 1 unspecified atom stereocenters. The monoisotopic (exact) mass is 457 g/mol. The maximum absolute atomic E-state index is 13.6. The van der Waals surface area contributed by atoms with Crippen molar-refractivity contribution in [2.45, 2.75) is 46.0 Å². The summed E-state index contributed by atoms with van der Waals surface area (Å²) < 4.78 is 0. The number of fused-ring (bicyclic) bond motifs is 1. The van der Waals surface area contributed by atoms with E-state index in [4.69, 9.17) is 4.99 Å². The SMILES string of the molecule is CC=Cc1ccc(CC2=NC=C=CC3=C2CC(C)(C(=O)Cc2ccc4ccccc4c2)CC3)cc1. The number of aliphatic imine (C=N–C) groups is 1. The topological polar surface area (TPSA) is 29.4 Å². The Morgan fingerprint density at radius 3 is 2.60 bits per heavy atom. The van der Waals surface area contributed by atoms with Crippen LogP contribution in [-0.2, 0) is 17.6 Å². The summed E-state index contributed by atoms with van der Waals surface area (Å²) in [5.74, 6) is 0.315. The minimum Gasteiger partial charge on any atom is -0.299 e. The van der Waals surface area contributed by atoms with Crippen LogP contribution in [0.5, 0.6) is 0 Å². The molecule has 0 N–H and O–H groups in total. The van der Waals surface area contributed by atoms with Crippen LogP contribution in [0.2, 0.25) is 0 Å². The second-order valence-corrected chi connectivity index (χ2v) is 9.96. The van der Waals surface area contributed by atoms with E-state index < -0.39 is 0 Å². The maximum Gasteiger partial charge on any atom is 0.143 e. The molecule has 3 aromatic carbocycles. The van der Waals surface area contributed by atoms with Crippen LogP contribution in [0.15, 0.2) is 107 Å². The van der Waals surface area contributed by atoms with Gasteiger partial charge in [0.25, 0.3) is 0 Å². The lowest BCUT2D eigenvalue weighted by molar-refractivity contribution is -0.127. The van der Waals surface area contributed by atoms with Crippen LogP contribution in [0.1, 0.15) is 49.8 Å². The van der Waals surface area contributed by atoms with E-state index in [-0.39, 0.29) is 5.41 Å². The highest BCUT2D eigenvalue weighted by Crippen LogP contribution is 2.42. The lowest BCUT2D eigenvalue weighted by Gasteiger charge is -2.35. The van der Waals surface area contributed by atoms with Crippen LogP contribution in [-0.4, -0.2) is 11.5 Å². The molecule has 0 saturated heterocycles. The third-order valence-corrected chi connectivity index (χ3v) is 7.36. The first-order valence-electron chi connectivity index (χ1n) is 12.5. The standard InChI is InChI=1S/C33H31NO/c1-3-7-24-11-13-25(14-12-24)21-31-30-23-33(2,18-17-28(30)10-6-19-34-31)32(35)22-26-15-16-27-8-4-5-9-29(27)20-26/h3-5,7-16,19-20H,17-18,21-23H2,1-2H3. The van der Waals surface area contributed by atoms with E-state index in [1.807, 2.05) is 19.1 Å². The van der Waals surface area contributed by atoms with Gasteiger partial charge in [0.1, 0.15) is 5.78 Å². The average molecular weight is 458 g/mol. The maximum atomic E-state index is 13.6. The number of carbonyl (C=O) groups excluding carboxylic acids is 1. The summed E-state index contributed by atoms with van der Waals surface area (Å²) in [6.07, 6.45) is 11.7. The zero-order valence-electron chi connectivity index (χ0n) is 20.6. The van der Waals surface area contributed by atoms with Gasteiger partial charge in [0.15, 0.2) is 0 Å². The Balaban J connectivity index is 1.36. The number of rotatable bonds is 6. The van der Waals surface area contributed by atoms with Gasteiger partial charge in [-0.3, -0.25) is 9.79 Å². The second kappa shape index (κ2) is 9.86. The van der Waals surface area contributed by atoms with Crippen LogP contribution in [0.25, 0.3) is 16.8 Å². The van der Waals surface area contributed by atoms with Gasteiger partial charge in [0.2, 0.25) is 0 Å². The quantitative estimate of drug-likeness (QED) is 0.347. The van der Waals surface area contributed by atoms with E-state index in [9.17, 15) is 4.79 Å².